The van der Waals surface area contributed by atoms with Gasteiger partial charge in [0.2, 0.25) is 23.6 Å². The zero-order valence-electron chi connectivity index (χ0n) is 17.7. The van der Waals surface area contributed by atoms with E-state index in [2.05, 4.69) is 16.0 Å². The van der Waals surface area contributed by atoms with E-state index in [1.54, 1.807) is 0 Å². The van der Waals surface area contributed by atoms with E-state index in [0.717, 1.165) is 0 Å². The van der Waals surface area contributed by atoms with Crippen molar-refractivity contribution < 1.29 is 39.0 Å². The molecule has 0 aromatic carbocycles. The zero-order chi connectivity index (χ0) is 24.3. The average Bonchev–Trinajstić information content (AvgIpc) is 2.62. The fraction of sp³-hybridized carbons (Fsp3) is 0.667. The van der Waals surface area contributed by atoms with Crippen LogP contribution in [0.25, 0.3) is 0 Å². The molecule has 0 aromatic rings. The van der Waals surface area contributed by atoms with Crippen molar-refractivity contribution in [3.63, 3.8) is 0 Å². The van der Waals surface area contributed by atoms with Crippen LogP contribution in [0, 0.1) is 5.92 Å². The predicted octanol–water partition coefficient (Wildman–Crippen LogP) is -2.34. The summed E-state index contributed by atoms with van der Waals surface area (Å²) in [5.41, 5.74) is 10.9. The van der Waals surface area contributed by atoms with Crippen LogP contribution in [0.3, 0.4) is 0 Å². The molecule has 31 heavy (non-hydrogen) atoms. The fourth-order valence-electron chi connectivity index (χ4n) is 2.51. The number of nitrogens with two attached hydrogens (primary N) is 2. The maximum Gasteiger partial charge on any atom is 0.326 e. The Morgan fingerprint density at radius 3 is 1.84 bits per heavy atom. The van der Waals surface area contributed by atoms with Crippen LogP contribution in [0.2, 0.25) is 0 Å². The van der Waals surface area contributed by atoms with Gasteiger partial charge in [0, 0.05) is 6.42 Å². The summed E-state index contributed by atoms with van der Waals surface area (Å²) in [5.74, 6) is -5.91. The van der Waals surface area contributed by atoms with Gasteiger partial charge in [-0.05, 0) is 25.7 Å². The second-order valence-corrected chi connectivity index (χ2v) is 7.53. The lowest BCUT2D eigenvalue weighted by Gasteiger charge is -2.23. The molecular weight excluding hydrogens is 414 g/mol. The van der Waals surface area contributed by atoms with Gasteiger partial charge in [0.1, 0.15) is 18.1 Å². The molecule has 13 heteroatoms. The standard InChI is InChI=1S/C18H31N5O8/c1-8(2)6-10(19)16(28)23-12(7-13(20)24)17(29)21-9(3)15(27)22-11(18(30)31)4-5-14(25)26/h8-12H,4-7,19H2,1-3H3,(H2,20,24)(H,21,29)(H,22,27)(H,23,28)(H,25,26)(H,30,31). The van der Waals surface area contributed by atoms with Crippen molar-refractivity contribution in [2.75, 3.05) is 0 Å². The molecule has 0 radical (unpaired) electrons. The number of carboxylic acids is 2. The second kappa shape index (κ2) is 13.2. The third-order valence-electron chi connectivity index (χ3n) is 4.11. The Hall–Kier alpha value is -3.22. The Labute approximate surface area is 179 Å². The Bertz CT molecular complexity index is 696. The van der Waals surface area contributed by atoms with E-state index in [4.69, 9.17) is 21.7 Å². The van der Waals surface area contributed by atoms with Crippen LogP contribution in [0.5, 0.6) is 0 Å². The van der Waals surface area contributed by atoms with Gasteiger partial charge in [-0.3, -0.25) is 24.0 Å². The summed E-state index contributed by atoms with van der Waals surface area (Å²) in [4.78, 5) is 69.9. The number of amides is 4. The topological polar surface area (TPSA) is 231 Å². The maximum absolute atomic E-state index is 12.5. The van der Waals surface area contributed by atoms with E-state index < -0.39 is 72.6 Å². The largest absolute Gasteiger partial charge is 0.481 e. The SMILES string of the molecule is CC(C)CC(N)C(=O)NC(CC(N)=O)C(=O)NC(C)C(=O)NC(CCC(=O)O)C(=O)O. The molecule has 0 bridgehead atoms. The first kappa shape index (κ1) is 27.8. The van der Waals surface area contributed by atoms with Crippen molar-refractivity contribution in [1.82, 2.24) is 16.0 Å². The van der Waals surface area contributed by atoms with E-state index in [-0.39, 0.29) is 12.3 Å². The lowest BCUT2D eigenvalue weighted by molar-refractivity contribution is -0.143. The lowest BCUT2D eigenvalue weighted by atomic mass is 10.0. The number of carbonyl (C=O) groups is 6. The van der Waals surface area contributed by atoms with E-state index in [0.29, 0.717) is 6.42 Å². The van der Waals surface area contributed by atoms with Crippen LogP contribution in [-0.4, -0.2) is 69.9 Å². The first-order chi connectivity index (χ1) is 14.2. The molecule has 0 fully saturated rings. The van der Waals surface area contributed by atoms with Crippen LogP contribution in [0.4, 0.5) is 0 Å². The van der Waals surface area contributed by atoms with Crippen LogP contribution < -0.4 is 27.4 Å². The zero-order valence-corrected chi connectivity index (χ0v) is 17.7. The molecule has 0 aliphatic carbocycles. The van der Waals surface area contributed by atoms with Crippen molar-refractivity contribution in [3.05, 3.63) is 0 Å². The van der Waals surface area contributed by atoms with Gasteiger partial charge in [-0.1, -0.05) is 13.8 Å². The highest BCUT2D eigenvalue weighted by Crippen LogP contribution is 2.04. The number of aliphatic carboxylic acids is 2. The number of primary amides is 1. The summed E-state index contributed by atoms with van der Waals surface area (Å²) >= 11 is 0. The third-order valence-corrected chi connectivity index (χ3v) is 4.11. The van der Waals surface area contributed by atoms with Gasteiger partial charge in [0.05, 0.1) is 12.5 Å². The first-order valence-corrected chi connectivity index (χ1v) is 9.64. The smallest absolute Gasteiger partial charge is 0.326 e. The maximum atomic E-state index is 12.5. The highest BCUT2D eigenvalue weighted by atomic mass is 16.4. The number of nitrogens with one attached hydrogen (secondary N) is 3. The molecule has 13 nitrogen and oxygen atoms in total. The second-order valence-electron chi connectivity index (χ2n) is 7.53. The van der Waals surface area contributed by atoms with Crippen molar-refractivity contribution in [1.29, 1.82) is 0 Å². The van der Waals surface area contributed by atoms with Gasteiger partial charge < -0.3 is 37.6 Å². The number of hydrogen-bond acceptors (Lipinski definition) is 7. The minimum atomic E-state index is -1.47. The molecule has 4 amide bonds. The van der Waals surface area contributed by atoms with Crippen LogP contribution in [0.15, 0.2) is 0 Å². The molecule has 0 spiro atoms. The molecule has 0 saturated heterocycles. The van der Waals surface area contributed by atoms with Crippen molar-refractivity contribution in [3.8, 4) is 0 Å². The van der Waals surface area contributed by atoms with Crippen molar-refractivity contribution in [2.45, 2.75) is 70.6 Å². The number of rotatable bonds is 14. The van der Waals surface area contributed by atoms with Crippen LogP contribution >= 0.6 is 0 Å². The molecule has 4 atom stereocenters. The molecule has 9 N–H and O–H groups in total. The summed E-state index contributed by atoms with van der Waals surface area (Å²) in [5, 5.41) is 24.4. The molecule has 0 aromatic heterocycles. The molecule has 0 heterocycles. The van der Waals surface area contributed by atoms with E-state index in [1.807, 2.05) is 13.8 Å². The minimum absolute atomic E-state index is 0.108. The Morgan fingerprint density at radius 2 is 1.39 bits per heavy atom. The Kier molecular flexibility index (Phi) is 11.8. The Morgan fingerprint density at radius 1 is 0.839 bits per heavy atom. The third kappa shape index (κ3) is 11.5. The van der Waals surface area contributed by atoms with Gasteiger partial charge in [-0.2, -0.15) is 0 Å². The van der Waals surface area contributed by atoms with Gasteiger partial charge in [0.25, 0.3) is 0 Å². The Balaban J connectivity index is 5.07. The van der Waals surface area contributed by atoms with E-state index >= 15 is 0 Å². The van der Waals surface area contributed by atoms with E-state index in [1.165, 1.54) is 6.92 Å². The summed E-state index contributed by atoms with van der Waals surface area (Å²) in [6, 6.07) is -5.04. The molecule has 0 saturated carbocycles. The normalized spacial score (nSPS) is 14.6. The van der Waals surface area contributed by atoms with Crippen molar-refractivity contribution >= 4 is 35.6 Å². The minimum Gasteiger partial charge on any atom is -0.481 e. The van der Waals surface area contributed by atoms with Crippen molar-refractivity contribution in [2.24, 2.45) is 17.4 Å². The molecule has 176 valence electrons. The highest BCUT2D eigenvalue weighted by molar-refractivity contribution is 5.96. The average molecular weight is 445 g/mol. The number of hydrogen-bond donors (Lipinski definition) is 7. The van der Waals surface area contributed by atoms with Crippen LogP contribution in [-0.2, 0) is 28.8 Å². The number of carbonyl (C=O) groups excluding carboxylic acids is 4. The van der Waals surface area contributed by atoms with Gasteiger partial charge in [0.15, 0.2) is 0 Å². The summed E-state index contributed by atoms with van der Waals surface area (Å²) in [7, 11) is 0. The van der Waals surface area contributed by atoms with Gasteiger partial charge in [-0.25, -0.2) is 4.79 Å². The molecular formula is C18H31N5O8. The first-order valence-electron chi connectivity index (χ1n) is 9.64. The molecule has 4 unspecified atom stereocenters. The molecule has 0 aliphatic rings. The monoisotopic (exact) mass is 445 g/mol. The fourth-order valence-corrected chi connectivity index (χ4v) is 2.51. The van der Waals surface area contributed by atoms with Gasteiger partial charge in [-0.15, -0.1) is 0 Å². The lowest BCUT2D eigenvalue weighted by Crippen LogP contribution is -2.57. The summed E-state index contributed by atoms with van der Waals surface area (Å²) in [6.45, 7) is 4.95. The molecule has 0 rings (SSSR count). The summed E-state index contributed by atoms with van der Waals surface area (Å²) < 4.78 is 0. The number of carboxylic acid groups (broad SMARTS) is 2. The van der Waals surface area contributed by atoms with E-state index in [9.17, 15) is 28.8 Å². The van der Waals surface area contributed by atoms with Gasteiger partial charge >= 0.3 is 11.9 Å². The quantitative estimate of drug-likeness (QED) is 0.151. The highest BCUT2D eigenvalue weighted by Gasteiger charge is 2.29. The predicted molar refractivity (Wildman–Crippen MR) is 107 cm³/mol. The molecule has 0 aliphatic heterocycles. The van der Waals surface area contributed by atoms with Crippen LogP contribution in [0.1, 0.15) is 46.5 Å². The summed E-state index contributed by atoms with van der Waals surface area (Å²) in [6.07, 6.45) is -1.05.